The molecule has 128 valence electrons. The van der Waals surface area contributed by atoms with E-state index in [4.69, 9.17) is 0 Å². The molecule has 1 aromatic rings. The molecule has 1 aliphatic heterocycles. The van der Waals surface area contributed by atoms with Crippen molar-refractivity contribution in [1.82, 2.24) is 14.5 Å². The third kappa shape index (κ3) is 3.94. The Morgan fingerprint density at radius 2 is 1.96 bits per heavy atom. The highest BCUT2D eigenvalue weighted by molar-refractivity contribution is 7.92. The van der Waals surface area contributed by atoms with Gasteiger partial charge in [0.2, 0.25) is 5.91 Å². The minimum absolute atomic E-state index is 0.00272. The molecule has 6 nitrogen and oxygen atoms in total. The summed E-state index contributed by atoms with van der Waals surface area (Å²) in [6.45, 7) is 1.38. The van der Waals surface area contributed by atoms with Gasteiger partial charge in [-0.25, -0.2) is 13.4 Å². The molecule has 1 aliphatic carbocycles. The van der Waals surface area contributed by atoms with Gasteiger partial charge in [-0.2, -0.15) is 0 Å². The van der Waals surface area contributed by atoms with Gasteiger partial charge in [0.05, 0.1) is 23.4 Å². The van der Waals surface area contributed by atoms with Crippen molar-refractivity contribution in [3.05, 3.63) is 18.7 Å². The van der Waals surface area contributed by atoms with Crippen LogP contribution in [0.3, 0.4) is 0 Å². The normalized spacial score (nSPS) is 23.3. The van der Waals surface area contributed by atoms with E-state index in [2.05, 4.69) is 4.98 Å². The third-order valence-electron chi connectivity index (χ3n) is 5.11. The molecule has 3 rings (SSSR count). The maximum absolute atomic E-state index is 12.4. The molecule has 1 amide bonds. The van der Waals surface area contributed by atoms with Crippen molar-refractivity contribution >= 4 is 15.7 Å². The summed E-state index contributed by atoms with van der Waals surface area (Å²) in [6.07, 6.45) is 11.1. The number of rotatable bonds is 5. The zero-order valence-electron chi connectivity index (χ0n) is 13.4. The van der Waals surface area contributed by atoms with Crippen LogP contribution in [0.1, 0.15) is 51.0 Å². The topological polar surface area (TPSA) is 72.3 Å². The smallest absolute Gasteiger partial charge is 0.223 e. The summed E-state index contributed by atoms with van der Waals surface area (Å²) >= 11 is 0. The number of hydrogen-bond acceptors (Lipinski definition) is 4. The standard InChI is InChI=1S/C16H25N3O3S/c20-16(7-11-23(21,22)15-5-1-2-6-15)18-9-3-4-14(12-18)19-10-8-17-13-19/h8,10,13-15H,1-7,9,11-12H2. The Balaban J connectivity index is 1.53. The van der Waals surface area contributed by atoms with Gasteiger partial charge in [0, 0.05) is 31.9 Å². The monoisotopic (exact) mass is 339 g/mol. The lowest BCUT2D eigenvalue weighted by Gasteiger charge is -2.33. The fourth-order valence-corrected chi connectivity index (χ4v) is 5.56. The Morgan fingerprint density at radius 3 is 2.65 bits per heavy atom. The molecule has 2 heterocycles. The largest absolute Gasteiger partial charge is 0.341 e. The molecule has 23 heavy (non-hydrogen) atoms. The molecule has 1 atom stereocenters. The van der Waals surface area contributed by atoms with Crippen LogP contribution in [-0.2, 0) is 14.6 Å². The quantitative estimate of drug-likeness (QED) is 0.820. The van der Waals surface area contributed by atoms with E-state index in [1.807, 2.05) is 15.7 Å². The van der Waals surface area contributed by atoms with Crippen LogP contribution >= 0.6 is 0 Å². The molecule has 0 N–H and O–H groups in total. The molecular formula is C16H25N3O3S. The van der Waals surface area contributed by atoms with E-state index in [1.165, 1.54) is 0 Å². The van der Waals surface area contributed by atoms with E-state index >= 15 is 0 Å². The molecule has 1 saturated heterocycles. The Labute approximate surface area is 137 Å². The van der Waals surface area contributed by atoms with Crippen molar-refractivity contribution in [2.75, 3.05) is 18.8 Å². The average molecular weight is 339 g/mol. The second-order valence-electron chi connectivity index (χ2n) is 6.67. The molecule has 1 unspecified atom stereocenters. The van der Waals surface area contributed by atoms with Crippen LogP contribution in [0.2, 0.25) is 0 Å². The summed E-state index contributed by atoms with van der Waals surface area (Å²) in [6, 6.07) is 0.252. The van der Waals surface area contributed by atoms with Crippen LogP contribution in [0.15, 0.2) is 18.7 Å². The van der Waals surface area contributed by atoms with Crippen LogP contribution in [0, 0.1) is 0 Å². The lowest BCUT2D eigenvalue weighted by molar-refractivity contribution is -0.132. The fraction of sp³-hybridized carbons (Fsp3) is 0.750. The van der Waals surface area contributed by atoms with Crippen LogP contribution in [0.4, 0.5) is 0 Å². The molecular weight excluding hydrogens is 314 g/mol. The van der Waals surface area contributed by atoms with Gasteiger partial charge < -0.3 is 9.47 Å². The van der Waals surface area contributed by atoms with E-state index in [0.29, 0.717) is 6.54 Å². The number of piperidine rings is 1. The van der Waals surface area contributed by atoms with E-state index in [-0.39, 0.29) is 29.4 Å². The van der Waals surface area contributed by atoms with Crippen molar-refractivity contribution in [2.24, 2.45) is 0 Å². The van der Waals surface area contributed by atoms with E-state index in [1.54, 1.807) is 12.5 Å². The first-order valence-electron chi connectivity index (χ1n) is 8.53. The third-order valence-corrected chi connectivity index (χ3v) is 7.37. The van der Waals surface area contributed by atoms with E-state index in [0.717, 1.165) is 45.1 Å². The van der Waals surface area contributed by atoms with Crippen molar-refractivity contribution in [3.8, 4) is 0 Å². The highest BCUT2D eigenvalue weighted by atomic mass is 32.2. The van der Waals surface area contributed by atoms with Gasteiger partial charge in [0.15, 0.2) is 9.84 Å². The number of nitrogens with zero attached hydrogens (tertiary/aromatic N) is 3. The first kappa shape index (κ1) is 16.5. The zero-order chi connectivity index (χ0) is 16.3. The Morgan fingerprint density at radius 1 is 1.17 bits per heavy atom. The minimum Gasteiger partial charge on any atom is -0.341 e. The van der Waals surface area contributed by atoms with Crippen LogP contribution in [0.25, 0.3) is 0 Å². The Bertz CT molecular complexity index is 621. The van der Waals surface area contributed by atoms with Crippen molar-refractivity contribution < 1.29 is 13.2 Å². The average Bonchev–Trinajstić information content (AvgIpc) is 3.25. The SMILES string of the molecule is O=C(CCS(=O)(=O)C1CCCC1)N1CCCC(n2ccnc2)C1. The summed E-state index contributed by atoms with van der Waals surface area (Å²) in [5, 5.41) is -0.213. The first-order chi connectivity index (χ1) is 11.1. The number of carbonyl (C=O) groups excluding carboxylic acids is 1. The van der Waals surface area contributed by atoms with Crippen LogP contribution in [0.5, 0.6) is 0 Å². The van der Waals surface area contributed by atoms with Crippen LogP contribution in [-0.4, -0.2) is 52.9 Å². The van der Waals surface area contributed by atoms with Crippen molar-refractivity contribution in [1.29, 1.82) is 0 Å². The molecule has 0 radical (unpaired) electrons. The second kappa shape index (κ2) is 7.03. The number of likely N-dealkylation sites (tertiary alicyclic amines) is 1. The fourth-order valence-electron chi connectivity index (χ4n) is 3.71. The molecule has 2 fully saturated rings. The van der Waals surface area contributed by atoms with Crippen molar-refractivity contribution in [3.63, 3.8) is 0 Å². The second-order valence-corrected chi connectivity index (χ2v) is 9.07. The molecule has 0 spiro atoms. The first-order valence-corrected chi connectivity index (χ1v) is 10.2. The number of aromatic nitrogens is 2. The maximum atomic E-state index is 12.4. The van der Waals surface area contributed by atoms with Gasteiger partial charge in [0.1, 0.15) is 0 Å². The maximum Gasteiger partial charge on any atom is 0.223 e. The predicted octanol–water partition coefficient (Wildman–Crippen LogP) is 1.79. The molecule has 0 bridgehead atoms. The minimum atomic E-state index is -3.11. The van der Waals surface area contributed by atoms with Crippen LogP contribution < -0.4 is 0 Å². The van der Waals surface area contributed by atoms with Gasteiger partial charge in [0.25, 0.3) is 0 Å². The number of carbonyl (C=O) groups is 1. The molecule has 1 saturated carbocycles. The summed E-state index contributed by atoms with van der Waals surface area (Å²) in [5.41, 5.74) is 0. The van der Waals surface area contributed by atoms with E-state index in [9.17, 15) is 13.2 Å². The Kier molecular flexibility index (Phi) is 5.04. The molecule has 2 aliphatic rings. The number of imidazole rings is 1. The van der Waals surface area contributed by atoms with Gasteiger partial charge in [-0.05, 0) is 25.7 Å². The Hall–Kier alpha value is -1.37. The molecule has 7 heteroatoms. The van der Waals surface area contributed by atoms with Gasteiger partial charge in [-0.15, -0.1) is 0 Å². The van der Waals surface area contributed by atoms with Crippen molar-refractivity contribution in [2.45, 2.75) is 56.2 Å². The lowest BCUT2D eigenvalue weighted by atomic mass is 10.1. The molecule has 1 aromatic heterocycles. The highest BCUT2D eigenvalue weighted by Gasteiger charge is 2.30. The summed E-state index contributed by atoms with van der Waals surface area (Å²) in [7, 11) is -3.11. The number of sulfone groups is 1. The van der Waals surface area contributed by atoms with Gasteiger partial charge >= 0.3 is 0 Å². The zero-order valence-corrected chi connectivity index (χ0v) is 14.2. The summed E-state index contributed by atoms with van der Waals surface area (Å²) in [5.74, 6) is -0.0284. The molecule has 0 aromatic carbocycles. The lowest BCUT2D eigenvalue weighted by Crippen LogP contribution is -2.41. The number of hydrogen-bond donors (Lipinski definition) is 0. The summed E-state index contributed by atoms with van der Waals surface area (Å²) < 4.78 is 26.6. The summed E-state index contributed by atoms with van der Waals surface area (Å²) in [4.78, 5) is 18.3. The predicted molar refractivity (Wildman–Crippen MR) is 87.7 cm³/mol. The highest BCUT2D eigenvalue weighted by Crippen LogP contribution is 2.26. The van der Waals surface area contributed by atoms with Gasteiger partial charge in [-0.3, -0.25) is 4.79 Å². The van der Waals surface area contributed by atoms with E-state index < -0.39 is 9.84 Å². The van der Waals surface area contributed by atoms with Gasteiger partial charge in [-0.1, -0.05) is 12.8 Å². The number of amides is 1.